The van der Waals surface area contributed by atoms with Gasteiger partial charge in [0.15, 0.2) is 0 Å². The number of nitrogens with zero attached hydrogens (tertiary/aromatic N) is 2. The smallest absolute Gasteiger partial charge is 0.244 e. The molecule has 74 valence electrons. The second-order valence-corrected chi connectivity index (χ2v) is 3.05. The number of hydrogen-bond acceptors (Lipinski definition) is 6. The Balaban J connectivity index is 2.67. The van der Waals surface area contributed by atoms with Gasteiger partial charge in [-0.3, -0.25) is 0 Å². The molecular weight excluding hydrogens is 174 g/mol. The van der Waals surface area contributed by atoms with Crippen molar-refractivity contribution in [1.29, 1.82) is 0 Å². The van der Waals surface area contributed by atoms with E-state index in [1.54, 1.807) is 6.92 Å². The van der Waals surface area contributed by atoms with Gasteiger partial charge in [0.1, 0.15) is 0 Å². The van der Waals surface area contributed by atoms with Gasteiger partial charge < -0.3 is 21.3 Å². The van der Waals surface area contributed by atoms with Gasteiger partial charge >= 0.3 is 0 Å². The number of aromatic amines is 1. The number of anilines is 2. The molecule has 7 heteroatoms. The van der Waals surface area contributed by atoms with Gasteiger partial charge in [-0.15, -0.1) is 5.10 Å². The minimum atomic E-state index is -0.839. The molecule has 1 aromatic rings. The van der Waals surface area contributed by atoms with Gasteiger partial charge in [-0.25, -0.2) is 5.10 Å². The van der Waals surface area contributed by atoms with Gasteiger partial charge in [-0.1, -0.05) is 0 Å². The van der Waals surface area contributed by atoms with Crippen LogP contribution in [-0.4, -0.2) is 44.1 Å². The van der Waals surface area contributed by atoms with Crippen molar-refractivity contribution >= 4 is 11.9 Å². The number of nitrogens with one attached hydrogen (secondary N) is 2. The van der Waals surface area contributed by atoms with Crippen molar-refractivity contribution in [2.75, 3.05) is 24.3 Å². The average molecular weight is 187 g/mol. The first-order valence-electron chi connectivity index (χ1n) is 3.77. The summed E-state index contributed by atoms with van der Waals surface area (Å²) in [6.07, 6.45) is 0. The van der Waals surface area contributed by atoms with E-state index in [9.17, 15) is 0 Å². The molecular formula is C6H13N5O2. The number of H-pyrrole nitrogens is 1. The van der Waals surface area contributed by atoms with Crippen LogP contribution >= 0.6 is 0 Å². The lowest BCUT2D eigenvalue weighted by Crippen LogP contribution is -2.42. The molecule has 0 unspecified atom stereocenters. The summed E-state index contributed by atoms with van der Waals surface area (Å²) in [6, 6.07) is 0. The maximum atomic E-state index is 8.93. The molecule has 0 saturated heterocycles. The molecule has 0 aliphatic heterocycles. The van der Waals surface area contributed by atoms with Crippen LogP contribution in [0.25, 0.3) is 0 Å². The number of rotatable bonds is 4. The Morgan fingerprint density at radius 3 is 2.54 bits per heavy atom. The van der Waals surface area contributed by atoms with E-state index in [2.05, 4.69) is 20.5 Å². The summed E-state index contributed by atoms with van der Waals surface area (Å²) in [5, 5.41) is 26.7. The number of aliphatic hydroxyl groups excluding tert-OH is 2. The summed E-state index contributed by atoms with van der Waals surface area (Å²) in [5.74, 6) is 0.434. The molecule has 1 rings (SSSR count). The standard InChI is InChI=1S/C6H13N5O2/c1-6(2-12,3-13)9-5-8-4(7)10-11-5/h12-13H,2-3H2,1H3,(H4,7,8,9,10,11). The lowest BCUT2D eigenvalue weighted by Gasteiger charge is -2.24. The van der Waals surface area contributed by atoms with Crippen LogP contribution in [0, 0.1) is 0 Å². The molecule has 0 aliphatic carbocycles. The van der Waals surface area contributed by atoms with E-state index in [1.165, 1.54) is 0 Å². The van der Waals surface area contributed by atoms with Gasteiger partial charge in [0, 0.05) is 0 Å². The Morgan fingerprint density at radius 1 is 1.54 bits per heavy atom. The molecule has 0 saturated carbocycles. The molecule has 1 heterocycles. The van der Waals surface area contributed by atoms with E-state index in [4.69, 9.17) is 15.9 Å². The Kier molecular flexibility index (Phi) is 2.69. The van der Waals surface area contributed by atoms with Crippen molar-refractivity contribution in [1.82, 2.24) is 15.2 Å². The molecule has 0 bridgehead atoms. The van der Waals surface area contributed by atoms with Crippen molar-refractivity contribution in [2.45, 2.75) is 12.5 Å². The third-order valence-electron chi connectivity index (χ3n) is 1.61. The van der Waals surface area contributed by atoms with E-state index in [1.807, 2.05) is 0 Å². The SMILES string of the molecule is CC(CO)(CO)Nc1n[nH]c(N)n1. The first-order valence-corrected chi connectivity index (χ1v) is 3.77. The Labute approximate surface area is 75.0 Å². The molecule has 0 spiro atoms. The number of hydrogen-bond donors (Lipinski definition) is 5. The number of nitrogens with two attached hydrogens (primary N) is 1. The summed E-state index contributed by atoms with van der Waals surface area (Å²) >= 11 is 0. The van der Waals surface area contributed by atoms with Crippen molar-refractivity contribution in [2.24, 2.45) is 0 Å². The van der Waals surface area contributed by atoms with Crippen LogP contribution in [0.15, 0.2) is 0 Å². The molecule has 0 radical (unpaired) electrons. The number of aliphatic hydroxyl groups is 2. The molecule has 0 fully saturated rings. The first-order chi connectivity index (χ1) is 6.09. The summed E-state index contributed by atoms with van der Waals surface area (Å²) in [7, 11) is 0. The van der Waals surface area contributed by atoms with Crippen molar-refractivity contribution in [3.63, 3.8) is 0 Å². The van der Waals surface area contributed by atoms with Crippen molar-refractivity contribution in [3.05, 3.63) is 0 Å². The fraction of sp³-hybridized carbons (Fsp3) is 0.667. The second-order valence-electron chi connectivity index (χ2n) is 3.05. The largest absolute Gasteiger partial charge is 0.394 e. The second kappa shape index (κ2) is 3.58. The van der Waals surface area contributed by atoms with E-state index in [0.29, 0.717) is 0 Å². The topological polar surface area (TPSA) is 120 Å². The third kappa shape index (κ3) is 2.30. The highest BCUT2D eigenvalue weighted by molar-refractivity contribution is 5.33. The van der Waals surface area contributed by atoms with Gasteiger partial charge in [0.25, 0.3) is 0 Å². The van der Waals surface area contributed by atoms with E-state index in [0.717, 1.165) is 0 Å². The van der Waals surface area contributed by atoms with Crippen LogP contribution in [0.5, 0.6) is 0 Å². The molecule has 1 aromatic heterocycles. The summed E-state index contributed by atoms with van der Waals surface area (Å²) in [5.41, 5.74) is 4.45. The van der Waals surface area contributed by atoms with E-state index < -0.39 is 5.54 Å². The van der Waals surface area contributed by atoms with Crippen LogP contribution in [0.2, 0.25) is 0 Å². The maximum Gasteiger partial charge on any atom is 0.244 e. The van der Waals surface area contributed by atoms with E-state index >= 15 is 0 Å². The Bertz CT molecular complexity index is 270. The summed E-state index contributed by atoms with van der Waals surface area (Å²) < 4.78 is 0. The van der Waals surface area contributed by atoms with Crippen LogP contribution in [-0.2, 0) is 0 Å². The Hall–Kier alpha value is -1.34. The number of aromatic nitrogens is 3. The van der Waals surface area contributed by atoms with Crippen LogP contribution in [0.3, 0.4) is 0 Å². The Morgan fingerprint density at radius 2 is 2.15 bits per heavy atom. The first kappa shape index (κ1) is 9.75. The zero-order valence-corrected chi connectivity index (χ0v) is 7.28. The maximum absolute atomic E-state index is 8.93. The van der Waals surface area contributed by atoms with Gasteiger partial charge in [-0.2, -0.15) is 4.98 Å². The van der Waals surface area contributed by atoms with Crippen molar-refractivity contribution in [3.8, 4) is 0 Å². The molecule has 13 heavy (non-hydrogen) atoms. The quantitative estimate of drug-likeness (QED) is 0.393. The third-order valence-corrected chi connectivity index (χ3v) is 1.61. The van der Waals surface area contributed by atoms with Gasteiger partial charge in [0.2, 0.25) is 11.9 Å². The molecule has 0 amide bonds. The predicted molar refractivity (Wildman–Crippen MR) is 47.0 cm³/mol. The molecule has 0 aromatic carbocycles. The number of nitrogen functional groups attached to an aromatic ring is 1. The van der Waals surface area contributed by atoms with Crippen LogP contribution < -0.4 is 11.1 Å². The van der Waals surface area contributed by atoms with E-state index in [-0.39, 0.29) is 25.1 Å². The molecule has 0 aliphatic rings. The molecule has 7 nitrogen and oxygen atoms in total. The molecule has 6 N–H and O–H groups in total. The summed E-state index contributed by atoms with van der Waals surface area (Å²) in [4.78, 5) is 3.77. The van der Waals surface area contributed by atoms with Crippen LogP contribution in [0.1, 0.15) is 6.92 Å². The average Bonchev–Trinajstić information content (AvgIpc) is 2.51. The van der Waals surface area contributed by atoms with Gasteiger partial charge in [-0.05, 0) is 6.92 Å². The zero-order valence-electron chi connectivity index (χ0n) is 7.28. The fourth-order valence-corrected chi connectivity index (χ4v) is 0.729. The highest BCUT2D eigenvalue weighted by Gasteiger charge is 2.23. The monoisotopic (exact) mass is 187 g/mol. The van der Waals surface area contributed by atoms with Gasteiger partial charge in [0.05, 0.1) is 18.8 Å². The highest BCUT2D eigenvalue weighted by atomic mass is 16.3. The molecule has 0 atom stereocenters. The summed E-state index contributed by atoms with van der Waals surface area (Å²) in [6.45, 7) is 1.19. The lowest BCUT2D eigenvalue weighted by molar-refractivity contribution is 0.147. The lowest BCUT2D eigenvalue weighted by atomic mass is 10.1. The predicted octanol–water partition coefficient (Wildman–Crippen LogP) is -1.46. The highest BCUT2D eigenvalue weighted by Crippen LogP contribution is 2.10. The van der Waals surface area contributed by atoms with Crippen LogP contribution in [0.4, 0.5) is 11.9 Å². The van der Waals surface area contributed by atoms with Crippen molar-refractivity contribution < 1.29 is 10.2 Å². The normalized spacial score (nSPS) is 11.6. The minimum absolute atomic E-state index is 0.181. The zero-order chi connectivity index (χ0) is 9.90. The fourth-order valence-electron chi connectivity index (χ4n) is 0.729. The minimum Gasteiger partial charge on any atom is -0.394 e.